The van der Waals surface area contributed by atoms with E-state index < -0.39 is 0 Å². The minimum atomic E-state index is 0.266. The van der Waals surface area contributed by atoms with Gasteiger partial charge in [0.15, 0.2) is 0 Å². The lowest BCUT2D eigenvalue weighted by molar-refractivity contribution is 0.151. The Balaban J connectivity index is 2.08. The maximum absolute atomic E-state index is 5.71. The molecule has 2 N–H and O–H groups in total. The third-order valence-electron chi connectivity index (χ3n) is 2.04. The van der Waals surface area contributed by atoms with Gasteiger partial charge in [-0.2, -0.15) is 0 Å². The van der Waals surface area contributed by atoms with Gasteiger partial charge in [-0.25, -0.2) is 0 Å². The third-order valence-corrected chi connectivity index (χ3v) is 2.99. The summed E-state index contributed by atoms with van der Waals surface area (Å²) < 4.78 is 5.41. The van der Waals surface area contributed by atoms with Crippen LogP contribution in [-0.4, -0.2) is 24.3 Å². The van der Waals surface area contributed by atoms with Crippen molar-refractivity contribution in [3.05, 3.63) is 24.3 Å². The Morgan fingerprint density at radius 1 is 1.53 bits per heavy atom. The SMILES string of the molecule is CC1COCC(Sc2cccc(N)c2)=N1. The molecule has 2 rings (SSSR count). The number of anilines is 1. The summed E-state index contributed by atoms with van der Waals surface area (Å²) in [6, 6.07) is 8.08. The number of hydrogen-bond donors (Lipinski definition) is 1. The van der Waals surface area contributed by atoms with Crippen molar-refractivity contribution in [3.63, 3.8) is 0 Å². The summed E-state index contributed by atoms with van der Waals surface area (Å²) in [4.78, 5) is 5.64. The van der Waals surface area contributed by atoms with E-state index >= 15 is 0 Å². The molecule has 0 spiro atoms. The minimum absolute atomic E-state index is 0.266. The standard InChI is InChI=1S/C11H14N2OS/c1-8-6-14-7-11(13-8)15-10-4-2-3-9(12)5-10/h2-5,8H,6-7,12H2,1H3. The molecular formula is C11H14N2OS. The number of aliphatic imine (C=N–C) groups is 1. The summed E-state index contributed by atoms with van der Waals surface area (Å²) >= 11 is 1.63. The van der Waals surface area contributed by atoms with Crippen LogP contribution in [0.4, 0.5) is 5.69 Å². The van der Waals surface area contributed by atoms with Crippen LogP contribution < -0.4 is 5.73 Å². The lowest BCUT2D eigenvalue weighted by Gasteiger charge is -2.17. The molecule has 1 aliphatic rings. The van der Waals surface area contributed by atoms with Gasteiger partial charge in [0, 0.05) is 10.6 Å². The van der Waals surface area contributed by atoms with Gasteiger partial charge < -0.3 is 10.5 Å². The first-order valence-electron chi connectivity index (χ1n) is 4.92. The van der Waals surface area contributed by atoms with E-state index in [-0.39, 0.29) is 6.04 Å². The third kappa shape index (κ3) is 2.97. The van der Waals surface area contributed by atoms with Gasteiger partial charge in [-0.1, -0.05) is 17.8 Å². The predicted octanol–water partition coefficient (Wildman–Crippen LogP) is 2.18. The molecule has 0 aliphatic carbocycles. The van der Waals surface area contributed by atoms with Crippen molar-refractivity contribution < 1.29 is 4.74 Å². The molecule has 0 saturated heterocycles. The van der Waals surface area contributed by atoms with Crippen LogP contribution in [0, 0.1) is 0 Å². The predicted molar refractivity (Wildman–Crippen MR) is 64.4 cm³/mol. The summed E-state index contributed by atoms with van der Waals surface area (Å²) in [5, 5.41) is 1.03. The lowest BCUT2D eigenvalue weighted by Crippen LogP contribution is -2.21. The molecule has 1 aliphatic heterocycles. The van der Waals surface area contributed by atoms with Crippen LogP contribution in [0.25, 0.3) is 0 Å². The van der Waals surface area contributed by atoms with Crippen LogP contribution in [0.1, 0.15) is 6.92 Å². The quantitative estimate of drug-likeness (QED) is 0.741. The molecule has 3 nitrogen and oxygen atoms in total. The first-order chi connectivity index (χ1) is 7.24. The Morgan fingerprint density at radius 2 is 2.40 bits per heavy atom. The van der Waals surface area contributed by atoms with Crippen LogP contribution >= 0.6 is 11.8 Å². The molecule has 4 heteroatoms. The van der Waals surface area contributed by atoms with Crippen LogP contribution in [0.3, 0.4) is 0 Å². The molecule has 1 atom stereocenters. The average Bonchev–Trinajstić information content (AvgIpc) is 2.17. The normalized spacial score (nSPS) is 21.1. The molecule has 80 valence electrons. The van der Waals surface area contributed by atoms with Crippen LogP contribution in [0.5, 0.6) is 0 Å². The van der Waals surface area contributed by atoms with Crippen molar-refractivity contribution in [3.8, 4) is 0 Å². The zero-order valence-corrected chi connectivity index (χ0v) is 9.46. The monoisotopic (exact) mass is 222 g/mol. The van der Waals surface area contributed by atoms with Gasteiger partial charge >= 0.3 is 0 Å². The number of benzene rings is 1. The zero-order valence-electron chi connectivity index (χ0n) is 8.64. The molecule has 0 bridgehead atoms. The Bertz CT molecular complexity index is 379. The lowest BCUT2D eigenvalue weighted by atomic mass is 10.3. The van der Waals surface area contributed by atoms with Gasteiger partial charge in [0.2, 0.25) is 0 Å². The Hall–Kier alpha value is -1.00. The molecule has 0 radical (unpaired) electrons. The second-order valence-corrected chi connectivity index (χ2v) is 4.71. The highest BCUT2D eigenvalue weighted by Gasteiger charge is 2.12. The van der Waals surface area contributed by atoms with Gasteiger partial charge in [-0.3, -0.25) is 4.99 Å². The highest BCUT2D eigenvalue weighted by Crippen LogP contribution is 2.23. The maximum atomic E-state index is 5.71. The zero-order chi connectivity index (χ0) is 10.7. The Labute approximate surface area is 93.7 Å². The Morgan fingerprint density at radius 3 is 3.13 bits per heavy atom. The fourth-order valence-electron chi connectivity index (χ4n) is 1.41. The van der Waals surface area contributed by atoms with E-state index in [0.717, 1.165) is 22.2 Å². The molecule has 1 aromatic carbocycles. The number of hydrogen-bond acceptors (Lipinski definition) is 4. The first kappa shape index (κ1) is 10.5. The second kappa shape index (κ2) is 4.68. The number of thioether (sulfide) groups is 1. The van der Waals surface area contributed by atoms with E-state index in [4.69, 9.17) is 10.5 Å². The topological polar surface area (TPSA) is 47.6 Å². The van der Waals surface area contributed by atoms with Crippen molar-refractivity contribution in [2.75, 3.05) is 18.9 Å². The fourth-order valence-corrected chi connectivity index (χ4v) is 2.40. The van der Waals surface area contributed by atoms with E-state index in [1.807, 2.05) is 24.3 Å². The molecule has 0 aromatic heterocycles. The van der Waals surface area contributed by atoms with Crippen molar-refractivity contribution >= 4 is 22.5 Å². The second-order valence-electron chi connectivity index (χ2n) is 3.56. The minimum Gasteiger partial charge on any atom is -0.399 e. The molecule has 0 fully saturated rings. The molecule has 1 unspecified atom stereocenters. The molecular weight excluding hydrogens is 208 g/mol. The summed E-state index contributed by atoms with van der Waals surface area (Å²) in [5.74, 6) is 0. The number of nitrogen functional groups attached to an aromatic ring is 1. The number of nitrogens with zero attached hydrogens (tertiary/aromatic N) is 1. The summed E-state index contributed by atoms with van der Waals surface area (Å²) in [6.45, 7) is 3.39. The highest BCUT2D eigenvalue weighted by atomic mass is 32.2. The first-order valence-corrected chi connectivity index (χ1v) is 5.73. The van der Waals surface area contributed by atoms with E-state index in [0.29, 0.717) is 6.61 Å². The van der Waals surface area contributed by atoms with Crippen molar-refractivity contribution in [1.29, 1.82) is 0 Å². The van der Waals surface area contributed by atoms with E-state index in [1.165, 1.54) is 0 Å². The van der Waals surface area contributed by atoms with Gasteiger partial charge in [-0.15, -0.1) is 0 Å². The molecule has 0 saturated carbocycles. The summed E-state index contributed by atoms with van der Waals surface area (Å²) in [7, 11) is 0. The van der Waals surface area contributed by atoms with E-state index in [2.05, 4.69) is 11.9 Å². The van der Waals surface area contributed by atoms with Gasteiger partial charge in [0.05, 0.1) is 24.3 Å². The van der Waals surface area contributed by atoms with E-state index in [9.17, 15) is 0 Å². The van der Waals surface area contributed by atoms with E-state index in [1.54, 1.807) is 11.8 Å². The number of nitrogens with two attached hydrogens (primary N) is 1. The van der Waals surface area contributed by atoms with Crippen molar-refractivity contribution in [1.82, 2.24) is 0 Å². The maximum Gasteiger partial charge on any atom is 0.0985 e. The molecule has 15 heavy (non-hydrogen) atoms. The van der Waals surface area contributed by atoms with Gasteiger partial charge in [-0.05, 0) is 25.1 Å². The van der Waals surface area contributed by atoms with Crippen LogP contribution in [-0.2, 0) is 4.74 Å². The summed E-state index contributed by atoms with van der Waals surface area (Å²) in [5.41, 5.74) is 6.49. The molecule has 1 heterocycles. The van der Waals surface area contributed by atoms with Crippen LogP contribution in [0.15, 0.2) is 34.2 Å². The number of rotatable bonds is 1. The fraction of sp³-hybridized carbons (Fsp3) is 0.364. The number of ether oxygens (including phenoxy) is 1. The van der Waals surface area contributed by atoms with Gasteiger partial charge in [0.25, 0.3) is 0 Å². The van der Waals surface area contributed by atoms with Gasteiger partial charge in [0.1, 0.15) is 0 Å². The smallest absolute Gasteiger partial charge is 0.0985 e. The highest BCUT2D eigenvalue weighted by molar-refractivity contribution is 8.14. The average molecular weight is 222 g/mol. The van der Waals surface area contributed by atoms with Crippen LogP contribution in [0.2, 0.25) is 0 Å². The summed E-state index contributed by atoms with van der Waals surface area (Å²) in [6.07, 6.45) is 0. The molecule has 1 aromatic rings. The largest absolute Gasteiger partial charge is 0.399 e. The molecule has 0 amide bonds. The Kier molecular flexibility index (Phi) is 3.28. The van der Waals surface area contributed by atoms with Crippen molar-refractivity contribution in [2.24, 2.45) is 4.99 Å². The van der Waals surface area contributed by atoms with Crippen molar-refractivity contribution in [2.45, 2.75) is 17.9 Å².